The zero-order valence-electron chi connectivity index (χ0n) is 8.80. The minimum atomic E-state index is -0.368. The van der Waals surface area contributed by atoms with Crippen LogP contribution in [0, 0.1) is 0 Å². The van der Waals surface area contributed by atoms with Gasteiger partial charge in [0, 0.05) is 19.7 Å². The number of nitrogens with zero attached hydrogens (tertiary/aromatic N) is 3. The minimum absolute atomic E-state index is 0.0521. The molecule has 15 heavy (non-hydrogen) atoms. The lowest BCUT2D eigenvalue weighted by Gasteiger charge is -2.14. The fraction of sp³-hybridized carbons (Fsp3) is 0.444. The fourth-order valence-corrected chi connectivity index (χ4v) is 0.992. The second-order valence-corrected chi connectivity index (χ2v) is 3.19. The van der Waals surface area contributed by atoms with Gasteiger partial charge < -0.3 is 10.6 Å². The molecule has 82 valence electrons. The number of nitrogens with two attached hydrogens (primary N) is 1. The summed E-state index contributed by atoms with van der Waals surface area (Å²) in [6.07, 6.45) is 1.35. The Morgan fingerprint density at radius 1 is 1.67 bits per heavy atom. The van der Waals surface area contributed by atoms with Crippen molar-refractivity contribution in [2.24, 2.45) is 0 Å². The molecule has 0 bridgehead atoms. The van der Waals surface area contributed by atoms with Crippen LogP contribution in [0.1, 0.15) is 6.92 Å². The first-order chi connectivity index (χ1) is 7.04. The van der Waals surface area contributed by atoms with E-state index in [1.807, 2.05) is 6.92 Å². The molecule has 0 unspecified atom stereocenters. The van der Waals surface area contributed by atoms with Crippen LogP contribution in [-0.4, -0.2) is 34.2 Å². The van der Waals surface area contributed by atoms with E-state index in [9.17, 15) is 9.59 Å². The second-order valence-electron chi connectivity index (χ2n) is 3.19. The number of amides is 1. The number of aromatic nitrogens is 2. The van der Waals surface area contributed by atoms with Gasteiger partial charge in [0.15, 0.2) is 0 Å². The number of hydrogen-bond acceptors (Lipinski definition) is 4. The molecule has 0 aromatic carbocycles. The van der Waals surface area contributed by atoms with Crippen LogP contribution in [-0.2, 0) is 11.3 Å². The first-order valence-corrected chi connectivity index (χ1v) is 4.61. The van der Waals surface area contributed by atoms with Gasteiger partial charge >= 0.3 is 0 Å². The molecule has 0 saturated heterocycles. The van der Waals surface area contributed by atoms with Gasteiger partial charge in [0.05, 0.1) is 11.9 Å². The largest absolute Gasteiger partial charge is 0.397 e. The Bertz CT molecular complexity index is 413. The molecule has 6 heteroatoms. The predicted molar refractivity (Wildman–Crippen MR) is 56.2 cm³/mol. The van der Waals surface area contributed by atoms with Crippen molar-refractivity contribution in [1.29, 1.82) is 0 Å². The predicted octanol–water partition coefficient (Wildman–Crippen LogP) is -0.696. The number of rotatable bonds is 3. The van der Waals surface area contributed by atoms with Gasteiger partial charge in [0.1, 0.15) is 6.54 Å². The molecule has 0 spiro atoms. The standard InChI is InChI=1S/C9H14N4O2/c1-3-12(2)9(15)6-13-8(14)4-7(10)5-11-13/h4-5H,3,6,10H2,1-2H3. The third kappa shape index (κ3) is 2.80. The molecule has 0 aliphatic carbocycles. The summed E-state index contributed by atoms with van der Waals surface area (Å²) >= 11 is 0. The molecule has 0 atom stereocenters. The lowest BCUT2D eigenvalue weighted by atomic mass is 10.4. The highest BCUT2D eigenvalue weighted by molar-refractivity contribution is 5.75. The molecule has 0 radical (unpaired) electrons. The maximum atomic E-state index is 11.5. The van der Waals surface area contributed by atoms with E-state index in [1.54, 1.807) is 7.05 Å². The summed E-state index contributed by atoms with van der Waals surface area (Å²) in [6.45, 7) is 2.41. The van der Waals surface area contributed by atoms with Gasteiger partial charge in [-0.1, -0.05) is 0 Å². The highest BCUT2D eigenvalue weighted by Crippen LogP contribution is 1.92. The number of anilines is 1. The Morgan fingerprint density at radius 2 is 2.33 bits per heavy atom. The normalized spacial score (nSPS) is 10.0. The van der Waals surface area contributed by atoms with Crippen molar-refractivity contribution >= 4 is 11.6 Å². The van der Waals surface area contributed by atoms with Crippen molar-refractivity contribution in [1.82, 2.24) is 14.7 Å². The van der Waals surface area contributed by atoms with Crippen LogP contribution in [0.15, 0.2) is 17.1 Å². The fourth-order valence-electron chi connectivity index (χ4n) is 0.992. The number of hydrogen-bond donors (Lipinski definition) is 1. The summed E-state index contributed by atoms with van der Waals surface area (Å²) in [6, 6.07) is 1.24. The molecule has 1 amide bonds. The summed E-state index contributed by atoms with van der Waals surface area (Å²) in [4.78, 5) is 24.3. The number of nitrogen functional groups attached to an aromatic ring is 1. The monoisotopic (exact) mass is 210 g/mol. The molecule has 1 heterocycles. The molecule has 0 aliphatic rings. The topological polar surface area (TPSA) is 81.2 Å². The molecule has 0 saturated carbocycles. The average molecular weight is 210 g/mol. The van der Waals surface area contributed by atoms with Gasteiger partial charge in [-0.3, -0.25) is 9.59 Å². The van der Waals surface area contributed by atoms with Crippen LogP contribution in [0.4, 0.5) is 5.69 Å². The summed E-state index contributed by atoms with van der Waals surface area (Å²) in [5.74, 6) is -0.156. The van der Waals surface area contributed by atoms with Gasteiger partial charge in [-0.15, -0.1) is 0 Å². The first-order valence-electron chi connectivity index (χ1n) is 4.61. The smallest absolute Gasteiger partial charge is 0.269 e. The van der Waals surface area contributed by atoms with E-state index in [2.05, 4.69) is 5.10 Å². The van der Waals surface area contributed by atoms with E-state index >= 15 is 0 Å². The second kappa shape index (κ2) is 4.59. The zero-order chi connectivity index (χ0) is 11.4. The molecule has 2 N–H and O–H groups in total. The Balaban J connectivity index is 2.82. The van der Waals surface area contributed by atoms with Crippen LogP contribution in [0.25, 0.3) is 0 Å². The molecule has 1 aromatic heterocycles. The highest BCUT2D eigenvalue weighted by Gasteiger charge is 2.08. The van der Waals surface area contributed by atoms with Crippen LogP contribution < -0.4 is 11.3 Å². The summed E-state index contributed by atoms with van der Waals surface area (Å²) in [7, 11) is 1.67. The van der Waals surface area contributed by atoms with Crippen molar-refractivity contribution in [2.45, 2.75) is 13.5 Å². The summed E-state index contributed by atoms with van der Waals surface area (Å²) < 4.78 is 1.09. The Morgan fingerprint density at radius 3 is 2.87 bits per heavy atom. The Labute approximate surface area is 87.3 Å². The molecular weight excluding hydrogens is 196 g/mol. The SMILES string of the molecule is CCN(C)C(=O)Cn1ncc(N)cc1=O. The van der Waals surface area contributed by atoms with E-state index in [4.69, 9.17) is 5.73 Å². The van der Waals surface area contributed by atoms with Gasteiger partial charge in [-0.2, -0.15) is 5.10 Å². The first kappa shape index (κ1) is 11.2. The van der Waals surface area contributed by atoms with Crippen molar-refractivity contribution in [3.8, 4) is 0 Å². The Hall–Kier alpha value is -1.85. The van der Waals surface area contributed by atoms with Crippen LogP contribution >= 0.6 is 0 Å². The van der Waals surface area contributed by atoms with Crippen molar-refractivity contribution in [3.05, 3.63) is 22.6 Å². The zero-order valence-corrected chi connectivity index (χ0v) is 8.80. The Kier molecular flexibility index (Phi) is 3.43. The number of likely N-dealkylation sites (N-methyl/N-ethyl adjacent to an activating group) is 1. The van der Waals surface area contributed by atoms with Crippen molar-refractivity contribution in [3.63, 3.8) is 0 Å². The quantitative estimate of drug-likeness (QED) is 0.715. The van der Waals surface area contributed by atoms with Gasteiger partial charge in [0.25, 0.3) is 5.56 Å². The summed E-state index contributed by atoms with van der Waals surface area (Å²) in [5.41, 5.74) is 5.30. The molecule has 0 aliphatic heterocycles. The number of carbonyl (C=O) groups is 1. The van der Waals surface area contributed by atoms with Crippen LogP contribution in [0.5, 0.6) is 0 Å². The van der Waals surface area contributed by atoms with E-state index in [-0.39, 0.29) is 18.0 Å². The van der Waals surface area contributed by atoms with Crippen molar-refractivity contribution < 1.29 is 4.79 Å². The van der Waals surface area contributed by atoms with E-state index in [0.29, 0.717) is 12.2 Å². The van der Waals surface area contributed by atoms with Gasteiger partial charge in [-0.05, 0) is 6.92 Å². The van der Waals surface area contributed by atoms with Crippen LogP contribution in [0.2, 0.25) is 0 Å². The lowest BCUT2D eigenvalue weighted by Crippen LogP contribution is -2.34. The van der Waals surface area contributed by atoms with Crippen LogP contribution in [0.3, 0.4) is 0 Å². The third-order valence-corrected chi connectivity index (χ3v) is 2.08. The van der Waals surface area contributed by atoms with E-state index in [1.165, 1.54) is 17.2 Å². The molecule has 1 aromatic rings. The average Bonchev–Trinajstić information content (AvgIpc) is 2.20. The maximum absolute atomic E-state index is 11.5. The van der Waals surface area contributed by atoms with Gasteiger partial charge in [-0.25, -0.2) is 4.68 Å². The maximum Gasteiger partial charge on any atom is 0.269 e. The highest BCUT2D eigenvalue weighted by atomic mass is 16.2. The molecular formula is C9H14N4O2. The number of carbonyl (C=O) groups excluding carboxylic acids is 1. The van der Waals surface area contributed by atoms with Gasteiger partial charge in [0.2, 0.25) is 5.91 Å². The minimum Gasteiger partial charge on any atom is -0.397 e. The van der Waals surface area contributed by atoms with Crippen molar-refractivity contribution in [2.75, 3.05) is 19.3 Å². The molecule has 1 rings (SSSR count). The lowest BCUT2D eigenvalue weighted by molar-refractivity contribution is -0.130. The van der Waals surface area contributed by atoms with E-state index < -0.39 is 0 Å². The van der Waals surface area contributed by atoms with E-state index in [0.717, 1.165) is 4.68 Å². The third-order valence-electron chi connectivity index (χ3n) is 2.08. The summed E-state index contributed by atoms with van der Waals surface area (Å²) in [5, 5.41) is 3.77. The molecule has 6 nitrogen and oxygen atoms in total. The molecule has 0 fully saturated rings.